The summed E-state index contributed by atoms with van der Waals surface area (Å²) in [6.07, 6.45) is 4.99. The summed E-state index contributed by atoms with van der Waals surface area (Å²) in [5, 5.41) is 13.5. The summed E-state index contributed by atoms with van der Waals surface area (Å²) >= 11 is 7.29. The van der Waals surface area contributed by atoms with Crippen LogP contribution in [0.5, 0.6) is 0 Å². The number of hydrogen-bond acceptors (Lipinski definition) is 7. The molecular formula is C31H37ClN8O5S. The lowest BCUT2D eigenvalue weighted by atomic mass is 10.3. The smallest absolute Gasteiger partial charge is 0.272 e. The van der Waals surface area contributed by atoms with Crippen molar-refractivity contribution in [2.75, 3.05) is 55.3 Å². The van der Waals surface area contributed by atoms with Crippen LogP contribution in [-0.2, 0) is 18.8 Å². The zero-order valence-corrected chi connectivity index (χ0v) is 27.6. The second-order valence-electron chi connectivity index (χ2n) is 11.2. The number of aryl methyl sites for hydroxylation is 2. The van der Waals surface area contributed by atoms with Gasteiger partial charge in [0.25, 0.3) is 23.6 Å². The lowest BCUT2D eigenvalue weighted by Gasteiger charge is -2.26. The minimum atomic E-state index is -0.423. The molecule has 1 fully saturated rings. The molecular weight excluding hydrogens is 632 g/mol. The van der Waals surface area contributed by atoms with Gasteiger partial charge in [-0.1, -0.05) is 11.6 Å². The molecule has 0 aliphatic carbocycles. The first-order valence-corrected chi connectivity index (χ1v) is 16.1. The molecule has 0 aromatic carbocycles. The summed E-state index contributed by atoms with van der Waals surface area (Å²) in [6, 6.07) is 6.41. The van der Waals surface area contributed by atoms with E-state index >= 15 is 0 Å². The largest absolute Gasteiger partial charge is 0.379 e. The number of anilines is 3. The third-order valence-electron chi connectivity index (χ3n) is 7.53. The number of carbonyl (C=O) groups is 4. The molecule has 1 aliphatic heterocycles. The minimum Gasteiger partial charge on any atom is -0.379 e. The van der Waals surface area contributed by atoms with Gasteiger partial charge in [-0.3, -0.25) is 24.1 Å². The number of nitrogens with one attached hydrogen (secondary N) is 4. The molecule has 1 saturated heterocycles. The van der Waals surface area contributed by atoms with E-state index in [4.69, 9.17) is 16.3 Å². The van der Waals surface area contributed by atoms with Gasteiger partial charge in [-0.2, -0.15) is 0 Å². The molecule has 0 atom stereocenters. The zero-order chi connectivity index (χ0) is 33.0. The highest BCUT2D eigenvalue weighted by molar-refractivity contribution is 7.12. The lowest BCUT2D eigenvalue weighted by Crippen LogP contribution is -2.41. The van der Waals surface area contributed by atoms with Crippen LogP contribution in [0.3, 0.4) is 0 Å². The van der Waals surface area contributed by atoms with Gasteiger partial charge >= 0.3 is 0 Å². The Morgan fingerprint density at radius 3 is 1.91 bits per heavy atom. The lowest BCUT2D eigenvalue weighted by molar-refractivity contribution is 0.0383. The monoisotopic (exact) mass is 668 g/mol. The van der Waals surface area contributed by atoms with Crippen molar-refractivity contribution in [2.45, 2.75) is 19.9 Å². The van der Waals surface area contributed by atoms with Crippen LogP contribution in [0.15, 0.2) is 48.2 Å². The molecule has 244 valence electrons. The maximum atomic E-state index is 13.3. The fraction of sp³-hybridized carbons (Fsp3) is 0.355. The predicted octanol–water partition coefficient (Wildman–Crippen LogP) is 4.28. The number of nitrogens with zero attached hydrogens (tertiary/aromatic N) is 4. The number of hydrogen-bond donors (Lipinski definition) is 4. The van der Waals surface area contributed by atoms with Gasteiger partial charge in [-0.15, -0.1) is 11.3 Å². The summed E-state index contributed by atoms with van der Waals surface area (Å²) in [7, 11) is 3.39. The summed E-state index contributed by atoms with van der Waals surface area (Å²) < 4.78 is 10.4. The average Bonchev–Trinajstić information content (AvgIpc) is 3.80. The molecule has 46 heavy (non-hydrogen) atoms. The van der Waals surface area contributed by atoms with Crippen LogP contribution in [-0.4, -0.2) is 81.6 Å². The standard InChI is InChI=1S/C31H37ClN8O5S/c1-19(2)40-18-22(15-26(40)28(41)33-6-7-39-8-10-45-11-9-39)35-30(43)24-13-20(16-37(24)3)34-29(42)25-14-21(17-38(25)4)36-31(44)27-23(32)5-12-46-27/h5,12-19H,6-11H2,1-4H3,(H,33,41)(H,34,42)(H,35,43)(H,36,44). The highest BCUT2D eigenvalue weighted by Crippen LogP contribution is 2.25. The number of thiophene rings is 1. The Kier molecular flexibility index (Phi) is 10.3. The van der Waals surface area contributed by atoms with Gasteiger partial charge in [-0.05, 0) is 43.5 Å². The number of amides is 4. The Balaban J connectivity index is 1.21. The van der Waals surface area contributed by atoms with Gasteiger partial charge < -0.3 is 39.7 Å². The quantitative estimate of drug-likeness (QED) is 0.188. The van der Waals surface area contributed by atoms with E-state index in [9.17, 15) is 19.2 Å². The van der Waals surface area contributed by atoms with Crippen LogP contribution in [0.4, 0.5) is 17.1 Å². The third kappa shape index (κ3) is 7.70. The van der Waals surface area contributed by atoms with E-state index in [-0.39, 0.29) is 17.9 Å². The molecule has 15 heteroatoms. The summed E-state index contributed by atoms with van der Waals surface area (Å²) in [5.41, 5.74) is 2.38. The molecule has 5 heterocycles. The van der Waals surface area contributed by atoms with Gasteiger partial charge in [0.05, 0.1) is 35.3 Å². The van der Waals surface area contributed by atoms with Crippen molar-refractivity contribution in [3.63, 3.8) is 0 Å². The molecule has 0 saturated carbocycles. The molecule has 4 aromatic rings. The maximum absolute atomic E-state index is 13.3. The van der Waals surface area contributed by atoms with Gasteiger partial charge in [0.1, 0.15) is 22.0 Å². The third-order valence-corrected chi connectivity index (χ3v) is 8.87. The normalized spacial score (nSPS) is 13.5. The zero-order valence-electron chi connectivity index (χ0n) is 26.1. The Bertz CT molecular complexity index is 1750. The highest BCUT2D eigenvalue weighted by atomic mass is 35.5. The van der Waals surface area contributed by atoms with E-state index in [1.54, 1.807) is 71.5 Å². The fourth-order valence-corrected chi connectivity index (χ4v) is 6.19. The molecule has 13 nitrogen and oxygen atoms in total. The van der Waals surface area contributed by atoms with Crippen molar-refractivity contribution in [2.24, 2.45) is 14.1 Å². The minimum absolute atomic E-state index is 0.0117. The van der Waals surface area contributed by atoms with Crippen LogP contribution in [0.2, 0.25) is 5.02 Å². The number of aromatic nitrogens is 3. The molecule has 4 amide bonds. The van der Waals surface area contributed by atoms with Gasteiger partial charge in [0.2, 0.25) is 0 Å². The molecule has 0 radical (unpaired) electrons. The second-order valence-corrected chi connectivity index (χ2v) is 12.6. The summed E-state index contributed by atoms with van der Waals surface area (Å²) in [6.45, 7) is 8.25. The van der Waals surface area contributed by atoms with Crippen LogP contribution in [0.1, 0.15) is 61.0 Å². The molecule has 4 N–H and O–H groups in total. The number of rotatable bonds is 11. The number of ether oxygens (including phenoxy) is 1. The van der Waals surface area contributed by atoms with Crippen molar-refractivity contribution in [3.05, 3.63) is 75.2 Å². The molecule has 4 aromatic heterocycles. The number of carbonyl (C=O) groups excluding carboxylic acids is 4. The van der Waals surface area contributed by atoms with E-state index in [2.05, 4.69) is 26.2 Å². The molecule has 0 unspecified atom stereocenters. The first-order valence-electron chi connectivity index (χ1n) is 14.8. The Morgan fingerprint density at radius 1 is 0.826 bits per heavy atom. The molecule has 0 bridgehead atoms. The van der Waals surface area contributed by atoms with Crippen molar-refractivity contribution in [3.8, 4) is 0 Å². The van der Waals surface area contributed by atoms with Crippen molar-refractivity contribution < 1.29 is 23.9 Å². The van der Waals surface area contributed by atoms with E-state index < -0.39 is 11.8 Å². The van der Waals surface area contributed by atoms with Crippen LogP contribution >= 0.6 is 22.9 Å². The van der Waals surface area contributed by atoms with E-state index in [0.29, 0.717) is 63.8 Å². The van der Waals surface area contributed by atoms with Crippen LogP contribution in [0, 0.1) is 0 Å². The fourth-order valence-electron chi connectivity index (χ4n) is 5.15. The number of halogens is 1. The van der Waals surface area contributed by atoms with Gasteiger partial charge in [0.15, 0.2) is 0 Å². The second kappa shape index (κ2) is 14.4. The van der Waals surface area contributed by atoms with Gasteiger partial charge in [0, 0.05) is 64.9 Å². The predicted molar refractivity (Wildman–Crippen MR) is 178 cm³/mol. The van der Waals surface area contributed by atoms with Gasteiger partial charge in [-0.25, -0.2) is 0 Å². The molecule has 1 aliphatic rings. The average molecular weight is 669 g/mol. The topological polar surface area (TPSA) is 144 Å². The first-order chi connectivity index (χ1) is 22.0. The Hall–Kier alpha value is -4.37. The molecule has 0 spiro atoms. The maximum Gasteiger partial charge on any atom is 0.272 e. The molecule has 5 rings (SSSR count). The van der Waals surface area contributed by atoms with Crippen molar-refractivity contribution in [1.29, 1.82) is 0 Å². The number of morpholine rings is 1. The Morgan fingerprint density at radius 2 is 1.37 bits per heavy atom. The van der Waals surface area contributed by atoms with E-state index in [1.165, 1.54) is 11.3 Å². The van der Waals surface area contributed by atoms with Crippen molar-refractivity contribution >= 4 is 63.6 Å². The van der Waals surface area contributed by atoms with Crippen molar-refractivity contribution in [1.82, 2.24) is 23.9 Å². The Labute approximate surface area is 275 Å². The van der Waals surface area contributed by atoms with Crippen LogP contribution in [0.25, 0.3) is 0 Å². The van der Waals surface area contributed by atoms with E-state index in [0.717, 1.165) is 19.6 Å². The summed E-state index contributed by atoms with van der Waals surface area (Å²) in [5.74, 6) is -1.41. The van der Waals surface area contributed by atoms with Crippen LogP contribution < -0.4 is 21.3 Å². The first kappa shape index (κ1) is 33.0. The summed E-state index contributed by atoms with van der Waals surface area (Å²) in [4.78, 5) is 54.6. The highest BCUT2D eigenvalue weighted by Gasteiger charge is 2.21. The SMILES string of the molecule is CC(C)n1cc(NC(=O)c2cc(NC(=O)c3cc(NC(=O)c4sccc4Cl)cn3C)cn2C)cc1C(=O)NCCN1CCOCC1. The van der Waals surface area contributed by atoms with E-state index in [1.807, 2.05) is 18.4 Å².